The van der Waals surface area contributed by atoms with E-state index in [1.807, 2.05) is 6.92 Å². The minimum Gasteiger partial charge on any atom is -0.309 e. The molecule has 1 saturated heterocycles. The Morgan fingerprint density at radius 1 is 1.33 bits per heavy atom. The molecule has 1 atom stereocenters. The Bertz CT molecular complexity index is 402. The van der Waals surface area contributed by atoms with E-state index < -0.39 is 0 Å². The van der Waals surface area contributed by atoms with E-state index in [9.17, 15) is 0 Å². The van der Waals surface area contributed by atoms with Crippen LogP contribution in [0.2, 0.25) is 0 Å². The largest absolute Gasteiger partial charge is 0.309 e. The molecule has 1 fully saturated rings. The molecule has 0 radical (unpaired) electrons. The van der Waals surface area contributed by atoms with Gasteiger partial charge in [-0.2, -0.15) is 0 Å². The van der Waals surface area contributed by atoms with Crippen LogP contribution in [0.3, 0.4) is 0 Å². The van der Waals surface area contributed by atoms with Gasteiger partial charge in [0.05, 0.1) is 0 Å². The van der Waals surface area contributed by atoms with Crippen LogP contribution in [-0.2, 0) is 0 Å². The van der Waals surface area contributed by atoms with Crippen molar-refractivity contribution >= 4 is 0 Å². The molecule has 96 valence electrons. The molecular formula is C16H22N2. The summed E-state index contributed by atoms with van der Waals surface area (Å²) >= 11 is 0. The van der Waals surface area contributed by atoms with Crippen molar-refractivity contribution < 1.29 is 0 Å². The van der Waals surface area contributed by atoms with Gasteiger partial charge in [-0.1, -0.05) is 30.3 Å². The first-order chi connectivity index (χ1) is 8.90. The molecule has 0 spiro atoms. The highest BCUT2D eigenvalue weighted by atomic mass is 15.2. The number of hydrogen-bond donors (Lipinski definition) is 1. The van der Waals surface area contributed by atoms with E-state index in [-0.39, 0.29) is 0 Å². The average Bonchev–Trinajstić information content (AvgIpc) is 2.66. The molecule has 0 saturated carbocycles. The molecule has 0 aliphatic carbocycles. The molecular weight excluding hydrogens is 220 g/mol. The van der Waals surface area contributed by atoms with E-state index in [1.54, 1.807) is 0 Å². The molecule has 2 rings (SSSR count). The van der Waals surface area contributed by atoms with Gasteiger partial charge in [-0.25, -0.2) is 0 Å². The Morgan fingerprint density at radius 3 is 2.94 bits per heavy atom. The summed E-state index contributed by atoms with van der Waals surface area (Å²) < 4.78 is 0. The van der Waals surface area contributed by atoms with Gasteiger partial charge < -0.3 is 10.2 Å². The number of nitrogens with zero attached hydrogens (tertiary/aromatic N) is 1. The molecule has 1 aliphatic rings. The Hall–Kier alpha value is -1.30. The molecule has 1 aromatic carbocycles. The van der Waals surface area contributed by atoms with Crippen LogP contribution in [0.5, 0.6) is 0 Å². The van der Waals surface area contributed by atoms with Gasteiger partial charge in [0, 0.05) is 25.6 Å². The van der Waals surface area contributed by atoms with Crippen molar-refractivity contribution in [3.8, 4) is 11.8 Å². The van der Waals surface area contributed by atoms with Crippen molar-refractivity contribution in [1.29, 1.82) is 0 Å². The molecule has 0 bridgehead atoms. The number of nitrogens with one attached hydrogen (secondary N) is 1. The fraction of sp³-hybridized carbons (Fsp3) is 0.500. The summed E-state index contributed by atoms with van der Waals surface area (Å²) in [6, 6.07) is 11.2. The minimum absolute atomic E-state index is 0.461. The predicted octanol–water partition coefficient (Wildman–Crippen LogP) is 2.44. The van der Waals surface area contributed by atoms with E-state index in [0.717, 1.165) is 26.1 Å². The molecule has 2 nitrogen and oxygen atoms in total. The van der Waals surface area contributed by atoms with Crippen molar-refractivity contribution in [2.75, 3.05) is 26.2 Å². The fourth-order valence-electron chi connectivity index (χ4n) is 2.44. The molecule has 1 aromatic rings. The van der Waals surface area contributed by atoms with Gasteiger partial charge in [-0.05, 0) is 32.0 Å². The summed E-state index contributed by atoms with van der Waals surface area (Å²) in [6.45, 7) is 6.38. The van der Waals surface area contributed by atoms with Crippen LogP contribution in [0, 0.1) is 11.8 Å². The van der Waals surface area contributed by atoms with Crippen molar-refractivity contribution in [2.45, 2.75) is 25.8 Å². The zero-order chi connectivity index (χ0) is 12.6. The quantitative estimate of drug-likeness (QED) is 0.819. The number of rotatable bonds is 3. The number of hydrogen-bond acceptors (Lipinski definition) is 2. The van der Waals surface area contributed by atoms with E-state index >= 15 is 0 Å². The minimum atomic E-state index is 0.461. The molecule has 1 aliphatic heterocycles. The first-order valence-corrected chi connectivity index (χ1v) is 6.80. The maximum absolute atomic E-state index is 3.64. The SMILES string of the molecule is CC#CCCN1CCCNC(c2ccccc2)C1. The van der Waals surface area contributed by atoms with Gasteiger partial charge in [-0.15, -0.1) is 11.8 Å². The van der Waals surface area contributed by atoms with Crippen LogP contribution in [0.1, 0.15) is 31.4 Å². The lowest BCUT2D eigenvalue weighted by Gasteiger charge is -2.23. The van der Waals surface area contributed by atoms with Gasteiger partial charge >= 0.3 is 0 Å². The Kier molecular flexibility index (Phi) is 5.26. The summed E-state index contributed by atoms with van der Waals surface area (Å²) in [4.78, 5) is 2.53. The maximum Gasteiger partial charge on any atom is 0.0449 e. The Labute approximate surface area is 110 Å². The van der Waals surface area contributed by atoms with Gasteiger partial charge in [0.15, 0.2) is 0 Å². The highest BCUT2D eigenvalue weighted by Gasteiger charge is 2.18. The smallest absolute Gasteiger partial charge is 0.0449 e. The second-order valence-corrected chi connectivity index (χ2v) is 4.75. The molecule has 18 heavy (non-hydrogen) atoms. The van der Waals surface area contributed by atoms with E-state index in [4.69, 9.17) is 0 Å². The van der Waals surface area contributed by atoms with Crippen LogP contribution in [0.4, 0.5) is 0 Å². The third kappa shape index (κ3) is 3.87. The lowest BCUT2D eigenvalue weighted by Crippen LogP contribution is -2.32. The second-order valence-electron chi connectivity index (χ2n) is 4.75. The van der Waals surface area contributed by atoms with Crippen molar-refractivity contribution in [2.24, 2.45) is 0 Å². The lowest BCUT2D eigenvalue weighted by molar-refractivity contribution is 0.275. The lowest BCUT2D eigenvalue weighted by atomic mass is 10.1. The standard InChI is InChI=1S/C16H22N2/c1-2-3-7-12-18-13-8-11-17-16(14-18)15-9-5-4-6-10-15/h4-6,9-10,16-17H,7-8,11-14H2,1H3. The van der Waals surface area contributed by atoms with Gasteiger partial charge in [-0.3, -0.25) is 0 Å². The molecule has 1 heterocycles. The first kappa shape index (κ1) is 13.1. The summed E-state index contributed by atoms with van der Waals surface area (Å²) in [5, 5.41) is 3.64. The molecule has 1 unspecified atom stereocenters. The zero-order valence-electron chi connectivity index (χ0n) is 11.2. The van der Waals surface area contributed by atoms with Crippen molar-refractivity contribution in [1.82, 2.24) is 10.2 Å². The van der Waals surface area contributed by atoms with E-state index in [2.05, 4.69) is 52.4 Å². The highest BCUT2D eigenvalue weighted by molar-refractivity contribution is 5.19. The van der Waals surface area contributed by atoms with Crippen LogP contribution >= 0.6 is 0 Å². The fourth-order valence-corrected chi connectivity index (χ4v) is 2.44. The summed E-state index contributed by atoms with van der Waals surface area (Å²) in [5.74, 6) is 6.13. The van der Waals surface area contributed by atoms with Gasteiger partial charge in [0.2, 0.25) is 0 Å². The topological polar surface area (TPSA) is 15.3 Å². The van der Waals surface area contributed by atoms with Crippen molar-refractivity contribution in [3.05, 3.63) is 35.9 Å². The third-order valence-electron chi connectivity index (χ3n) is 3.41. The third-order valence-corrected chi connectivity index (χ3v) is 3.41. The van der Waals surface area contributed by atoms with E-state index in [0.29, 0.717) is 6.04 Å². The molecule has 0 aromatic heterocycles. The van der Waals surface area contributed by atoms with Crippen LogP contribution in [0.15, 0.2) is 30.3 Å². The van der Waals surface area contributed by atoms with E-state index in [1.165, 1.54) is 18.5 Å². The monoisotopic (exact) mass is 242 g/mol. The second kappa shape index (κ2) is 7.20. The summed E-state index contributed by atoms with van der Waals surface area (Å²) in [7, 11) is 0. The van der Waals surface area contributed by atoms with Crippen LogP contribution in [-0.4, -0.2) is 31.1 Å². The number of benzene rings is 1. The molecule has 1 N–H and O–H groups in total. The Morgan fingerprint density at radius 2 is 2.17 bits per heavy atom. The van der Waals surface area contributed by atoms with Crippen molar-refractivity contribution in [3.63, 3.8) is 0 Å². The Balaban J connectivity index is 1.96. The molecule has 0 amide bonds. The molecule has 2 heteroatoms. The normalized spacial score (nSPS) is 20.8. The zero-order valence-corrected chi connectivity index (χ0v) is 11.2. The highest BCUT2D eigenvalue weighted by Crippen LogP contribution is 2.16. The maximum atomic E-state index is 3.64. The average molecular weight is 242 g/mol. The van der Waals surface area contributed by atoms with Gasteiger partial charge in [0.1, 0.15) is 0 Å². The summed E-state index contributed by atoms with van der Waals surface area (Å²) in [6.07, 6.45) is 2.21. The van der Waals surface area contributed by atoms with Crippen LogP contribution in [0.25, 0.3) is 0 Å². The predicted molar refractivity (Wildman–Crippen MR) is 76.3 cm³/mol. The first-order valence-electron chi connectivity index (χ1n) is 6.80. The van der Waals surface area contributed by atoms with Gasteiger partial charge in [0.25, 0.3) is 0 Å². The summed E-state index contributed by atoms with van der Waals surface area (Å²) in [5.41, 5.74) is 1.39. The van der Waals surface area contributed by atoms with Crippen LogP contribution < -0.4 is 5.32 Å².